The van der Waals surface area contributed by atoms with Crippen molar-refractivity contribution in [2.24, 2.45) is 5.92 Å². The molecule has 2 atom stereocenters. The van der Waals surface area contributed by atoms with Crippen LogP contribution in [0.25, 0.3) is 0 Å². The topological polar surface area (TPSA) is 83.1 Å². The summed E-state index contributed by atoms with van der Waals surface area (Å²) in [6.07, 6.45) is 2.24. The lowest BCUT2D eigenvalue weighted by Crippen LogP contribution is -2.52. The molecule has 3 aliphatic heterocycles. The Kier molecular flexibility index (Phi) is 6.81. The van der Waals surface area contributed by atoms with E-state index in [9.17, 15) is 14.0 Å². The van der Waals surface area contributed by atoms with Crippen LogP contribution in [0.5, 0.6) is 0 Å². The van der Waals surface area contributed by atoms with Gasteiger partial charge in [-0.3, -0.25) is 9.69 Å². The fourth-order valence-corrected chi connectivity index (χ4v) is 4.42. The average molecular weight is 420 g/mol. The first-order valence-electron chi connectivity index (χ1n) is 10.7. The van der Waals surface area contributed by atoms with Gasteiger partial charge in [-0.05, 0) is 31.0 Å². The van der Waals surface area contributed by atoms with E-state index in [1.165, 1.54) is 12.1 Å². The van der Waals surface area contributed by atoms with Gasteiger partial charge in [-0.15, -0.1) is 0 Å². The van der Waals surface area contributed by atoms with Gasteiger partial charge >= 0.3 is 6.03 Å². The normalized spacial score (nSPS) is 23.6. The number of ether oxygens (including phenoxy) is 2. The van der Waals surface area contributed by atoms with E-state index in [4.69, 9.17) is 9.47 Å². The van der Waals surface area contributed by atoms with Gasteiger partial charge in [-0.2, -0.15) is 0 Å². The van der Waals surface area contributed by atoms with E-state index in [2.05, 4.69) is 15.5 Å². The van der Waals surface area contributed by atoms with Crippen LogP contribution in [0.4, 0.5) is 20.6 Å². The highest BCUT2D eigenvalue weighted by atomic mass is 19.1. The second-order valence-electron chi connectivity index (χ2n) is 7.99. The largest absolute Gasteiger partial charge is 0.381 e. The predicted octanol–water partition coefficient (Wildman–Crippen LogP) is 1.81. The quantitative estimate of drug-likeness (QED) is 0.734. The van der Waals surface area contributed by atoms with Crippen LogP contribution >= 0.6 is 0 Å². The number of hydrogen-bond acceptors (Lipinski definition) is 5. The Morgan fingerprint density at radius 1 is 1.20 bits per heavy atom. The molecule has 3 heterocycles. The molecule has 4 rings (SSSR count). The number of rotatable bonds is 6. The molecule has 3 aliphatic rings. The zero-order valence-corrected chi connectivity index (χ0v) is 17.1. The monoisotopic (exact) mass is 420 g/mol. The predicted molar refractivity (Wildman–Crippen MR) is 110 cm³/mol. The molecule has 1 aromatic rings. The van der Waals surface area contributed by atoms with E-state index in [1.54, 1.807) is 11.0 Å². The number of carbonyl (C=O) groups is 2. The number of benzene rings is 1. The highest BCUT2D eigenvalue weighted by molar-refractivity contribution is 5.96. The molecular formula is C21H29FN4O4. The van der Waals surface area contributed by atoms with Gasteiger partial charge in [-0.1, -0.05) is 0 Å². The number of anilines is 2. The van der Waals surface area contributed by atoms with Gasteiger partial charge in [0.1, 0.15) is 5.82 Å². The van der Waals surface area contributed by atoms with Crippen molar-refractivity contribution in [3.8, 4) is 0 Å². The van der Waals surface area contributed by atoms with Gasteiger partial charge in [0.25, 0.3) is 0 Å². The number of carbonyl (C=O) groups excluding carboxylic acids is 2. The summed E-state index contributed by atoms with van der Waals surface area (Å²) < 4.78 is 25.3. The van der Waals surface area contributed by atoms with Crippen molar-refractivity contribution in [3.63, 3.8) is 0 Å². The Bertz CT molecular complexity index is 765. The lowest BCUT2D eigenvalue weighted by atomic mass is 9.97. The van der Waals surface area contributed by atoms with Gasteiger partial charge in [0.15, 0.2) is 0 Å². The van der Waals surface area contributed by atoms with Crippen LogP contribution in [-0.4, -0.2) is 75.5 Å². The van der Waals surface area contributed by atoms with E-state index in [-0.39, 0.29) is 17.6 Å². The third-order valence-corrected chi connectivity index (χ3v) is 6.08. The number of amides is 3. The second kappa shape index (κ2) is 9.72. The molecule has 0 radical (unpaired) electrons. The minimum absolute atomic E-state index is 0.0177. The third kappa shape index (κ3) is 4.91. The molecule has 0 bridgehead atoms. The van der Waals surface area contributed by atoms with Crippen LogP contribution in [-0.2, 0) is 14.3 Å². The summed E-state index contributed by atoms with van der Waals surface area (Å²) in [5.41, 5.74) is 0.667. The van der Waals surface area contributed by atoms with Crippen molar-refractivity contribution in [1.82, 2.24) is 10.2 Å². The Morgan fingerprint density at radius 2 is 2.03 bits per heavy atom. The number of morpholine rings is 1. The molecule has 0 saturated carbocycles. The zero-order chi connectivity index (χ0) is 20.9. The van der Waals surface area contributed by atoms with Crippen molar-refractivity contribution in [2.45, 2.75) is 25.3 Å². The molecule has 3 saturated heterocycles. The lowest BCUT2D eigenvalue weighted by Gasteiger charge is -2.37. The standard InChI is InChI=1S/C21H29FN4O4/c22-17-4-3-16(26-6-1-2-20(26)27)12-18(17)24-21(28)23-13-19(15-5-9-30-14-15)25-7-10-29-11-8-25/h3-4,12,15,19H,1-2,5-11,13-14H2,(H2,23,24,28)/t15-,19-/m1/s1. The van der Waals surface area contributed by atoms with Crippen molar-refractivity contribution < 1.29 is 23.5 Å². The molecule has 0 aliphatic carbocycles. The van der Waals surface area contributed by atoms with Gasteiger partial charge in [0, 0.05) is 56.9 Å². The van der Waals surface area contributed by atoms with E-state index in [0.717, 1.165) is 32.5 Å². The summed E-state index contributed by atoms with van der Waals surface area (Å²) in [4.78, 5) is 28.4. The molecule has 2 N–H and O–H groups in total. The van der Waals surface area contributed by atoms with Gasteiger partial charge in [0.2, 0.25) is 5.91 Å². The Balaban J connectivity index is 1.37. The van der Waals surface area contributed by atoms with E-state index in [0.29, 0.717) is 50.9 Å². The van der Waals surface area contributed by atoms with Crippen LogP contribution in [0.15, 0.2) is 18.2 Å². The van der Waals surface area contributed by atoms with Crippen LogP contribution in [0, 0.1) is 11.7 Å². The zero-order valence-electron chi connectivity index (χ0n) is 17.1. The molecule has 164 valence electrons. The summed E-state index contributed by atoms with van der Waals surface area (Å²) in [6.45, 7) is 5.51. The molecule has 30 heavy (non-hydrogen) atoms. The molecule has 9 heteroatoms. The maximum absolute atomic E-state index is 14.3. The summed E-state index contributed by atoms with van der Waals surface area (Å²) in [6, 6.07) is 4.05. The van der Waals surface area contributed by atoms with Crippen LogP contribution < -0.4 is 15.5 Å². The third-order valence-electron chi connectivity index (χ3n) is 6.08. The number of hydrogen-bond donors (Lipinski definition) is 2. The fourth-order valence-electron chi connectivity index (χ4n) is 4.42. The first-order valence-corrected chi connectivity index (χ1v) is 10.7. The summed E-state index contributed by atoms with van der Waals surface area (Å²) in [5.74, 6) is -0.164. The van der Waals surface area contributed by atoms with Crippen LogP contribution in [0.1, 0.15) is 19.3 Å². The smallest absolute Gasteiger partial charge is 0.319 e. The van der Waals surface area contributed by atoms with E-state index in [1.807, 2.05) is 0 Å². The Labute approximate surface area is 175 Å². The number of halogens is 1. The lowest BCUT2D eigenvalue weighted by molar-refractivity contribution is -0.117. The molecule has 8 nitrogen and oxygen atoms in total. The first kappa shape index (κ1) is 21.0. The molecular weight excluding hydrogens is 391 g/mol. The second-order valence-corrected chi connectivity index (χ2v) is 7.99. The highest BCUT2D eigenvalue weighted by Gasteiger charge is 2.32. The maximum atomic E-state index is 14.3. The summed E-state index contributed by atoms with van der Waals surface area (Å²) >= 11 is 0. The van der Waals surface area contributed by atoms with Crippen LogP contribution in [0.2, 0.25) is 0 Å². The Hall–Kier alpha value is -2.23. The summed E-state index contributed by atoms with van der Waals surface area (Å²) in [5, 5.41) is 5.50. The molecule has 3 fully saturated rings. The molecule has 1 aromatic carbocycles. The average Bonchev–Trinajstić information content (AvgIpc) is 3.43. The molecule has 0 aromatic heterocycles. The number of nitrogens with one attached hydrogen (secondary N) is 2. The summed E-state index contributed by atoms with van der Waals surface area (Å²) in [7, 11) is 0. The minimum atomic E-state index is -0.533. The van der Waals surface area contributed by atoms with E-state index < -0.39 is 11.8 Å². The van der Waals surface area contributed by atoms with Gasteiger partial charge in [-0.25, -0.2) is 9.18 Å². The van der Waals surface area contributed by atoms with Gasteiger partial charge < -0.3 is 25.0 Å². The van der Waals surface area contributed by atoms with Crippen LogP contribution in [0.3, 0.4) is 0 Å². The molecule has 3 amide bonds. The minimum Gasteiger partial charge on any atom is -0.381 e. The molecule has 0 spiro atoms. The number of urea groups is 1. The molecule has 0 unspecified atom stereocenters. The van der Waals surface area contributed by atoms with Crippen molar-refractivity contribution in [2.75, 3.05) is 62.8 Å². The van der Waals surface area contributed by atoms with E-state index >= 15 is 0 Å². The highest BCUT2D eigenvalue weighted by Crippen LogP contribution is 2.26. The maximum Gasteiger partial charge on any atom is 0.319 e. The van der Waals surface area contributed by atoms with Gasteiger partial charge in [0.05, 0.1) is 25.5 Å². The number of nitrogens with zero attached hydrogens (tertiary/aromatic N) is 2. The Morgan fingerprint density at radius 3 is 2.73 bits per heavy atom. The van der Waals surface area contributed by atoms with Crippen molar-refractivity contribution >= 4 is 23.3 Å². The van der Waals surface area contributed by atoms with Crippen molar-refractivity contribution in [1.29, 1.82) is 0 Å². The first-order chi connectivity index (χ1) is 14.6. The van der Waals surface area contributed by atoms with Crippen molar-refractivity contribution in [3.05, 3.63) is 24.0 Å². The SMILES string of the molecule is O=C(NC[C@H]([C@@H]1CCOC1)N1CCOCC1)Nc1cc(N2CCCC2=O)ccc1F. The fraction of sp³-hybridized carbons (Fsp3) is 0.619.